The maximum atomic E-state index is 12.3. The van der Waals surface area contributed by atoms with E-state index < -0.39 is 16.5 Å². The standard InChI is InChI=1S/C11H10N4O5/c16-11-7-4-6(14(17)18)5-8(15(19)20)10(7)12-9-2-1-3-13(9)11/h4-5,19-20H,1-3H2/q-2. The van der Waals surface area contributed by atoms with Crippen LogP contribution in [0, 0.1) is 10.4 Å². The van der Waals surface area contributed by atoms with E-state index in [9.17, 15) is 25.6 Å². The Morgan fingerprint density at radius 1 is 1.30 bits per heavy atom. The van der Waals surface area contributed by atoms with Crippen LogP contribution in [0.1, 0.15) is 12.2 Å². The molecule has 0 unspecified atom stereocenters. The van der Waals surface area contributed by atoms with Gasteiger partial charge >= 0.3 is 0 Å². The lowest BCUT2D eigenvalue weighted by Gasteiger charge is -2.37. The molecule has 0 atom stereocenters. The number of aromatic nitrogens is 2. The summed E-state index contributed by atoms with van der Waals surface area (Å²) < 4.78 is 1.45. The highest BCUT2D eigenvalue weighted by atomic mass is 16.8. The summed E-state index contributed by atoms with van der Waals surface area (Å²) in [7, 11) is 0. The van der Waals surface area contributed by atoms with Crippen molar-refractivity contribution < 1.29 is 10.4 Å². The Morgan fingerprint density at radius 2 is 2.05 bits per heavy atom. The molecule has 2 N–H and O–H groups in total. The molecule has 1 aromatic carbocycles. The zero-order chi connectivity index (χ0) is 14.4. The summed E-state index contributed by atoms with van der Waals surface area (Å²) in [6.07, 6.45) is 1.37. The molecular weight excluding hydrogens is 268 g/mol. The average molecular weight is 278 g/mol. The van der Waals surface area contributed by atoms with E-state index in [-0.39, 0.29) is 21.8 Å². The smallest absolute Gasteiger partial charge is 0.261 e. The van der Waals surface area contributed by atoms with Gasteiger partial charge in [0.25, 0.3) is 5.56 Å². The van der Waals surface area contributed by atoms with Gasteiger partial charge in [0.05, 0.1) is 5.39 Å². The number of anilines is 2. The molecule has 3 rings (SSSR count). The lowest BCUT2D eigenvalue weighted by atomic mass is 10.2. The largest absolute Gasteiger partial charge is 0.769 e. The Labute approximate surface area is 112 Å². The maximum absolute atomic E-state index is 12.3. The summed E-state index contributed by atoms with van der Waals surface area (Å²) in [5.74, 6) is 0.541. The molecule has 9 nitrogen and oxygen atoms in total. The minimum atomic E-state index is -0.705. The molecule has 2 aromatic rings. The third-order valence-electron chi connectivity index (χ3n) is 3.31. The molecule has 9 heteroatoms. The minimum Gasteiger partial charge on any atom is -0.769 e. The first-order valence-corrected chi connectivity index (χ1v) is 5.89. The Morgan fingerprint density at radius 3 is 2.70 bits per heavy atom. The Balaban J connectivity index is 2.41. The first-order chi connectivity index (χ1) is 9.49. The van der Waals surface area contributed by atoms with Gasteiger partial charge < -0.3 is 15.6 Å². The van der Waals surface area contributed by atoms with Crippen molar-refractivity contribution in [2.45, 2.75) is 19.4 Å². The third-order valence-corrected chi connectivity index (χ3v) is 3.31. The number of nitrogens with zero attached hydrogens (tertiary/aromatic N) is 4. The highest BCUT2D eigenvalue weighted by Crippen LogP contribution is 2.29. The van der Waals surface area contributed by atoms with E-state index >= 15 is 0 Å². The van der Waals surface area contributed by atoms with Crippen LogP contribution >= 0.6 is 0 Å². The van der Waals surface area contributed by atoms with Crippen molar-refractivity contribution in [3.63, 3.8) is 0 Å². The first kappa shape index (κ1) is 12.8. The first-order valence-electron chi connectivity index (χ1n) is 5.89. The molecule has 0 aliphatic carbocycles. The van der Waals surface area contributed by atoms with E-state index in [1.807, 2.05) is 0 Å². The van der Waals surface area contributed by atoms with Crippen LogP contribution in [0.2, 0.25) is 0 Å². The molecule has 0 amide bonds. The second kappa shape index (κ2) is 4.42. The van der Waals surface area contributed by atoms with Crippen LogP contribution in [0.15, 0.2) is 16.9 Å². The van der Waals surface area contributed by atoms with Crippen molar-refractivity contribution >= 4 is 22.3 Å². The van der Waals surface area contributed by atoms with Gasteiger partial charge in [-0.05, 0) is 18.6 Å². The van der Waals surface area contributed by atoms with Crippen LogP contribution in [0.4, 0.5) is 11.4 Å². The summed E-state index contributed by atoms with van der Waals surface area (Å²) in [5, 5.41) is 39.1. The molecule has 1 aromatic heterocycles. The molecule has 0 fully saturated rings. The van der Waals surface area contributed by atoms with Gasteiger partial charge in [-0.15, -0.1) is 5.23 Å². The van der Waals surface area contributed by atoms with Gasteiger partial charge in [-0.25, -0.2) is 4.98 Å². The van der Waals surface area contributed by atoms with E-state index in [1.54, 1.807) is 0 Å². The minimum absolute atomic E-state index is 0.00653. The summed E-state index contributed by atoms with van der Waals surface area (Å²) in [6.45, 7) is 0.511. The second-order valence-corrected chi connectivity index (χ2v) is 4.50. The lowest BCUT2D eigenvalue weighted by molar-refractivity contribution is 0.0299. The van der Waals surface area contributed by atoms with Gasteiger partial charge in [0.15, 0.2) is 0 Å². The Kier molecular flexibility index (Phi) is 2.83. The molecule has 0 saturated heterocycles. The van der Waals surface area contributed by atoms with Crippen molar-refractivity contribution in [2.24, 2.45) is 0 Å². The molecule has 0 bridgehead atoms. The van der Waals surface area contributed by atoms with Gasteiger partial charge in [-0.3, -0.25) is 19.8 Å². The van der Waals surface area contributed by atoms with Gasteiger partial charge in [0, 0.05) is 18.7 Å². The molecular formula is C11H10N4O5-2. The summed E-state index contributed by atoms with van der Waals surface area (Å²) in [5.41, 5.74) is -1.06. The quantitative estimate of drug-likeness (QED) is 0.769. The van der Waals surface area contributed by atoms with Crippen molar-refractivity contribution in [1.29, 1.82) is 0 Å². The van der Waals surface area contributed by atoms with E-state index in [0.29, 0.717) is 18.8 Å². The lowest BCUT2D eigenvalue weighted by Crippen LogP contribution is -2.23. The Bertz CT molecular complexity index is 740. The molecule has 2 heterocycles. The van der Waals surface area contributed by atoms with E-state index in [1.165, 1.54) is 4.57 Å². The molecule has 0 radical (unpaired) electrons. The van der Waals surface area contributed by atoms with E-state index in [0.717, 1.165) is 18.6 Å². The fourth-order valence-electron chi connectivity index (χ4n) is 2.41. The molecule has 20 heavy (non-hydrogen) atoms. The Hall–Kier alpha value is -2.20. The van der Waals surface area contributed by atoms with Crippen LogP contribution in [0.5, 0.6) is 0 Å². The van der Waals surface area contributed by atoms with Gasteiger partial charge in [-0.1, -0.05) is 0 Å². The third kappa shape index (κ3) is 1.80. The van der Waals surface area contributed by atoms with Crippen LogP contribution in [-0.2, 0) is 13.0 Å². The van der Waals surface area contributed by atoms with Crippen LogP contribution < -0.4 is 16.0 Å². The van der Waals surface area contributed by atoms with Crippen LogP contribution in [-0.4, -0.2) is 20.0 Å². The highest BCUT2D eigenvalue weighted by molar-refractivity contribution is 5.93. The SMILES string of the molecule is O=c1c2cc(N([O-])[O-])cc(N(O)O)c2nc2n1CCC2. The molecule has 0 saturated carbocycles. The number of rotatable bonds is 2. The molecule has 106 valence electrons. The number of hydrogen-bond donors (Lipinski definition) is 2. The summed E-state index contributed by atoms with van der Waals surface area (Å²) in [6, 6.07) is 2.06. The number of aryl methyl sites for hydroxylation is 1. The molecule has 1 aliphatic heterocycles. The average Bonchev–Trinajstić information content (AvgIpc) is 2.86. The summed E-state index contributed by atoms with van der Waals surface area (Å²) in [4.78, 5) is 16.5. The fraction of sp³-hybridized carbons (Fsp3) is 0.273. The molecule has 1 aliphatic rings. The van der Waals surface area contributed by atoms with E-state index in [4.69, 9.17) is 0 Å². The van der Waals surface area contributed by atoms with Crippen LogP contribution in [0.25, 0.3) is 10.9 Å². The van der Waals surface area contributed by atoms with Crippen molar-refractivity contribution in [3.8, 4) is 0 Å². The van der Waals surface area contributed by atoms with Gasteiger partial charge in [0.2, 0.25) is 0 Å². The number of benzene rings is 1. The zero-order valence-corrected chi connectivity index (χ0v) is 10.2. The number of hydrogen-bond acceptors (Lipinski definition) is 8. The maximum Gasteiger partial charge on any atom is 0.261 e. The molecule has 0 spiro atoms. The topological polar surface area (TPSA) is 128 Å². The van der Waals surface area contributed by atoms with Crippen molar-refractivity contribution in [2.75, 3.05) is 10.5 Å². The predicted octanol–water partition coefficient (Wildman–Crippen LogP) is 0.730. The zero-order valence-electron chi connectivity index (χ0n) is 10.2. The van der Waals surface area contributed by atoms with Crippen molar-refractivity contribution in [3.05, 3.63) is 38.7 Å². The second-order valence-electron chi connectivity index (χ2n) is 4.50. The predicted molar refractivity (Wildman–Crippen MR) is 69.6 cm³/mol. The van der Waals surface area contributed by atoms with Crippen LogP contribution in [0.3, 0.4) is 0 Å². The monoisotopic (exact) mass is 278 g/mol. The van der Waals surface area contributed by atoms with Gasteiger partial charge in [0.1, 0.15) is 17.0 Å². The highest BCUT2D eigenvalue weighted by Gasteiger charge is 2.19. The number of fused-ring (bicyclic) bond motifs is 2. The van der Waals surface area contributed by atoms with Gasteiger partial charge in [-0.2, -0.15) is 0 Å². The van der Waals surface area contributed by atoms with Crippen molar-refractivity contribution in [1.82, 2.24) is 9.55 Å². The normalized spacial score (nSPS) is 13.6. The summed E-state index contributed by atoms with van der Waals surface area (Å²) >= 11 is 0. The fourth-order valence-corrected chi connectivity index (χ4v) is 2.41. The van der Waals surface area contributed by atoms with E-state index in [2.05, 4.69) is 4.98 Å².